The van der Waals surface area contributed by atoms with E-state index in [0.717, 1.165) is 13.1 Å². The van der Waals surface area contributed by atoms with Crippen LogP contribution in [0.15, 0.2) is 0 Å². The first kappa shape index (κ1) is 14.7. The standard InChI is InChI=1S/C16H24N2O3/c1-14(2)15(3)5-6-16(14,12(20)11(15)19)13(21)18-9-7-17(4)8-10-18/h5-10H2,1-4H3/p+1/t15-,16+/m1/s1. The van der Waals surface area contributed by atoms with E-state index in [4.69, 9.17) is 0 Å². The Bertz CT molecular complexity index is 534. The van der Waals surface area contributed by atoms with Gasteiger partial charge in [0.25, 0.3) is 0 Å². The maximum atomic E-state index is 13.1. The Labute approximate surface area is 125 Å². The van der Waals surface area contributed by atoms with Crippen LogP contribution >= 0.6 is 0 Å². The second-order valence-corrected chi connectivity index (χ2v) is 7.77. The van der Waals surface area contributed by atoms with Gasteiger partial charge in [-0.3, -0.25) is 14.4 Å². The zero-order valence-electron chi connectivity index (χ0n) is 13.4. The van der Waals surface area contributed by atoms with Gasteiger partial charge < -0.3 is 9.80 Å². The molecule has 5 nitrogen and oxygen atoms in total. The lowest BCUT2D eigenvalue weighted by Gasteiger charge is -2.41. The van der Waals surface area contributed by atoms with Crippen molar-refractivity contribution in [3.8, 4) is 0 Å². The van der Waals surface area contributed by atoms with Crippen molar-refractivity contribution in [3.05, 3.63) is 0 Å². The van der Waals surface area contributed by atoms with E-state index in [-0.39, 0.29) is 11.7 Å². The fourth-order valence-corrected chi connectivity index (χ4v) is 4.61. The summed E-state index contributed by atoms with van der Waals surface area (Å²) in [7, 11) is 2.11. The number of hydrogen-bond acceptors (Lipinski definition) is 3. The fourth-order valence-electron chi connectivity index (χ4n) is 4.61. The number of nitrogens with zero attached hydrogens (tertiary/aromatic N) is 1. The third kappa shape index (κ3) is 1.48. The number of carbonyl (C=O) groups is 3. The average Bonchev–Trinajstić information content (AvgIpc) is 2.71. The number of Topliss-reactive ketones (excluding diaryl/α,β-unsaturated/α-hetero) is 2. The number of piperazine rings is 1. The molecule has 0 aromatic rings. The average molecular weight is 293 g/mol. The molecule has 0 spiro atoms. The van der Waals surface area contributed by atoms with Crippen molar-refractivity contribution in [1.29, 1.82) is 0 Å². The zero-order chi connectivity index (χ0) is 15.6. The molecule has 2 saturated carbocycles. The molecular weight excluding hydrogens is 268 g/mol. The number of ketones is 2. The van der Waals surface area contributed by atoms with Gasteiger partial charge in [0.05, 0.1) is 33.2 Å². The SMILES string of the molecule is C[NH+]1CCN(C(=O)[C@]23CC[C@](C)(C(=O)C2=O)C3(C)C)CC1. The molecule has 2 aliphatic carbocycles. The fraction of sp³-hybridized carbons (Fsp3) is 0.812. The predicted octanol–water partition coefficient (Wildman–Crippen LogP) is -0.692. The summed E-state index contributed by atoms with van der Waals surface area (Å²) in [5.41, 5.74) is -2.36. The van der Waals surface area contributed by atoms with Crippen LogP contribution < -0.4 is 4.90 Å². The van der Waals surface area contributed by atoms with Crippen LogP contribution in [0.25, 0.3) is 0 Å². The molecule has 1 aliphatic heterocycles. The van der Waals surface area contributed by atoms with Gasteiger partial charge in [0.2, 0.25) is 17.5 Å². The van der Waals surface area contributed by atoms with Crippen molar-refractivity contribution in [2.24, 2.45) is 16.2 Å². The Balaban J connectivity index is 1.99. The Morgan fingerprint density at radius 1 is 1.05 bits per heavy atom. The van der Waals surface area contributed by atoms with Gasteiger partial charge in [-0.2, -0.15) is 0 Å². The number of amides is 1. The quantitative estimate of drug-likeness (QED) is 0.514. The molecule has 21 heavy (non-hydrogen) atoms. The number of fused-ring (bicyclic) bond motifs is 2. The van der Waals surface area contributed by atoms with Gasteiger partial charge in [0, 0.05) is 5.41 Å². The van der Waals surface area contributed by atoms with Crippen molar-refractivity contribution in [1.82, 2.24) is 4.90 Å². The Morgan fingerprint density at radius 2 is 1.62 bits per heavy atom. The van der Waals surface area contributed by atoms with Crippen molar-refractivity contribution in [2.45, 2.75) is 33.6 Å². The van der Waals surface area contributed by atoms with Gasteiger partial charge in [-0.15, -0.1) is 0 Å². The largest absolute Gasteiger partial charge is 0.334 e. The molecule has 0 aromatic heterocycles. The number of hydrogen-bond donors (Lipinski definition) is 1. The van der Waals surface area contributed by atoms with Gasteiger partial charge >= 0.3 is 0 Å². The smallest absolute Gasteiger partial charge is 0.237 e. The van der Waals surface area contributed by atoms with Crippen molar-refractivity contribution >= 4 is 17.5 Å². The third-order valence-corrected chi connectivity index (χ3v) is 6.81. The summed E-state index contributed by atoms with van der Waals surface area (Å²) < 4.78 is 0. The molecule has 1 N–H and O–H groups in total. The van der Waals surface area contributed by atoms with Crippen molar-refractivity contribution in [2.75, 3.05) is 33.2 Å². The van der Waals surface area contributed by atoms with E-state index in [1.54, 1.807) is 0 Å². The molecule has 0 aromatic carbocycles. The summed E-state index contributed by atoms with van der Waals surface area (Å²) in [6.45, 7) is 8.90. The monoisotopic (exact) mass is 293 g/mol. The van der Waals surface area contributed by atoms with E-state index < -0.39 is 22.0 Å². The Hall–Kier alpha value is -1.23. The summed E-state index contributed by atoms with van der Waals surface area (Å²) >= 11 is 0. The highest BCUT2D eigenvalue weighted by atomic mass is 16.2. The minimum atomic E-state index is -1.11. The molecule has 1 heterocycles. The Morgan fingerprint density at radius 3 is 2.10 bits per heavy atom. The molecule has 1 amide bonds. The van der Waals surface area contributed by atoms with E-state index in [9.17, 15) is 14.4 Å². The number of rotatable bonds is 1. The minimum absolute atomic E-state index is 0.0976. The summed E-state index contributed by atoms with van der Waals surface area (Å²) in [5.74, 6) is -0.857. The van der Waals surface area contributed by atoms with Crippen molar-refractivity contribution < 1.29 is 19.3 Å². The molecule has 0 radical (unpaired) electrons. The molecule has 2 bridgehead atoms. The minimum Gasteiger partial charge on any atom is -0.334 e. The van der Waals surface area contributed by atoms with Crippen LogP contribution in [-0.4, -0.2) is 55.6 Å². The highest BCUT2D eigenvalue weighted by Gasteiger charge is 2.78. The van der Waals surface area contributed by atoms with E-state index in [0.29, 0.717) is 25.9 Å². The van der Waals surface area contributed by atoms with Crippen LogP contribution in [0.1, 0.15) is 33.6 Å². The predicted molar refractivity (Wildman–Crippen MR) is 76.8 cm³/mol. The number of quaternary nitrogens is 1. The van der Waals surface area contributed by atoms with Gasteiger partial charge in [0.1, 0.15) is 5.41 Å². The molecule has 1 saturated heterocycles. The first-order valence-corrected chi connectivity index (χ1v) is 7.88. The van der Waals surface area contributed by atoms with Crippen LogP contribution in [0.5, 0.6) is 0 Å². The van der Waals surface area contributed by atoms with E-state index in [2.05, 4.69) is 7.05 Å². The number of nitrogens with one attached hydrogen (secondary N) is 1. The van der Waals surface area contributed by atoms with Gasteiger partial charge in [-0.25, -0.2) is 0 Å². The molecule has 3 aliphatic rings. The summed E-state index contributed by atoms with van der Waals surface area (Å²) in [6.07, 6.45) is 1.18. The Kier molecular flexibility index (Phi) is 2.91. The maximum absolute atomic E-state index is 13.1. The van der Waals surface area contributed by atoms with Gasteiger partial charge in [-0.1, -0.05) is 20.8 Å². The lowest BCUT2D eigenvalue weighted by molar-refractivity contribution is -0.883. The normalized spacial score (nSPS) is 39.1. The van der Waals surface area contributed by atoms with Crippen LogP contribution in [0, 0.1) is 16.2 Å². The topological polar surface area (TPSA) is 58.9 Å². The van der Waals surface area contributed by atoms with Gasteiger partial charge in [0.15, 0.2) is 0 Å². The first-order valence-electron chi connectivity index (χ1n) is 7.88. The van der Waals surface area contributed by atoms with Crippen LogP contribution in [0.2, 0.25) is 0 Å². The van der Waals surface area contributed by atoms with Crippen LogP contribution in [0.3, 0.4) is 0 Å². The molecule has 116 valence electrons. The molecule has 0 unspecified atom stereocenters. The lowest BCUT2D eigenvalue weighted by atomic mass is 9.64. The van der Waals surface area contributed by atoms with Crippen LogP contribution in [0.4, 0.5) is 0 Å². The summed E-state index contributed by atoms with van der Waals surface area (Å²) in [6, 6.07) is 0. The number of carbonyl (C=O) groups excluding carboxylic acids is 3. The number of likely N-dealkylation sites (N-methyl/N-ethyl adjacent to an activating group) is 1. The second-order valence-electron chi connectivity index (χ2n) is 7.77. The van der Waals surface area contributed by atoms with Gasteiger partial charge in [-0.05, 0) is 18.3 Å². The second kappa shape index (κ2) is 4.15. The molecule has 2 atom stereocenters. The third-order valence-electron chi connectivity index (χ3n) is 6.81. The van der Waals surface area contributed by atoms with E-state index >= 15 is 0 Å². The van der Waals surface area contributed by atoms with Crippen LogP contribution in [-0.2, 0) is 14.4 Å². The first-order chi connectivity index (χ1) is 9.68. The summed E-state index contributed by atoms with van der Waals surface area (Å²) in [4.78, 5) is 41.4. The maximum Gasteiger partial charge on any atom is 0.237 e. The molecule has 5 heteroatoms. The van der Waals surface area contributed by atoms with E-state index in [1.807, 2.05) is 25.7 Å². The molecular formula is C16H25N2O3+. The van der Waals surface area contributed by atoms with Crippen molar-refractivity contribution in [3.63, 3.8) is 0 Å². The zero-order valence-corrected chi connectivity index (χ0v) is 13.4. The summed E-state index contributed by atoms with van der Waals surface area (Å²) in [5, 5.41) is 0. The highest BCUT2D eigenvalue weighted by Crippen LogP contribution is 2.69. The molecule has 3 fully saturated rings. The van der Waals surface area contributed by atoms with E-state index in [1.165, 1.54) is 4.90 Å². The molecule has 3 rings (SSSR count). The highest BCUT2D eigenvalue weighted by molar-refractivity contribution is 6.48. The lowest BCUT2D eigenvalue weighted by Crippen LogP contribution is -3.12.